The van der Waals surface area contributed by atoms with Crippen LogP contribution in [0.25, 0.3) is 6.08 Å². The van der Waals surface area contributed by atoms with Crippen molar-refractivity contribution >= 4 is 29.1 Å². The highest BCUT2D eigenvalue weighted by molar-refractivity contribution is 6.03. The van der Waals surface area contributed by atoms with Crippen LogP contribution in [0, 0.1) is 38.0 Å². The molecule has 2 aliphatic heterocycles. The largest absolute Gasteiger partial charge is 0.459 e. The summed E-state index contributed by atoms with van der Waals surface area (Å²) < 4.78 is 32.2. The SMILES string of the molecule is C=CCO[C@@]12Oc3ccc(Oc4cccc([N+](=O)[O-])c4)cc3[C@H]3[C@H](CCCCO)[C@@H](CCCCO)C=C(C(=NOC)C[C@@H]1N(Cc1ccc4c(c1)OCO4)C(=O)C=Cc1ccc([N+](=O)[O-])cc1)[C@H]32. The number of hydrogen-bond donors (Lipinski definition) is 2. The van der Waals surface area contributed by atoms with Gasteiger partial charge in [-0.3, -0.25) is 25.0 Å². The third kappa shape index (κ3) is 9.95. The maximum Gasteiger partial charge on any atom is 0.273 e. The van der Waals surface area contributed by atoms with E-state index in [0.717, 1.165) is 29.5 Å². The molecule has 68 heavy (non-hydrogen) atoms. The van der Waals surface area contributed by atoms with E-state index in [1.807, 2.05) is 18.2 Å². The maximum atomic E-state index is 15.2. The molecule has 8 rings (SSSR count). The van der Waals surface area contributed by atoms with Gasteiger partial charge in [-0.25, -0.2) is 0 Å². The Balaban J connectivity index is 1.32. The number of ether oxygens (including phenoxy) is 5. The van der Waals surface area contributed by atoms with E-state index in [4.69, 9.17) is 28.5 Å². The number of nitrogens with zero attached hydrogens (tertiary/aromatic N) is 4. The summed E-state index contributed by atoms with van der Waals surface area (Å²) in [7, 11) is 1.47. The van der Waals surface area contributed by atoms with Crippen LogP contribution in [-0.4, -0.2) is 82.1 Å². The number of amides is 1. The number of unbranched alkanes of at least 4 members (excludes halogenated alkanes) is 2. The summed E-state index contributed by atoms with van der Waals surface area (Å²) in [5.74, 6) is -0.850. The first-order chi connectivity index (χ1) is 33.1. The summed E-state index contributed by atoms with van der Waals surface area (Å²) in [5, 5.41) is 47.7. The quantitative estimate of drug-likeness (QED) is 0.0263. The van der Waals surface area contributed by atoms with Crippen LogP contribution in [0.1, 0.15) is 67.6 Å². The molecule has 0 spiro atoms. The molecule has 356 valence electrons. The number of carbonyl (C=O) groups excluding carboxylic acids is 1. The van der Waals surface area contributed by atoms with E-state index in [1.54, 1.807) is 59.5 Å². The summed E-state index contributed by atoms with van der Waals surface area (Å²) >= 11 is 0. The molecule has 6 atom stereocenters. The van der Waals surface area contributed by atoms with Crippen LogP contribution < -0.4 is 18.9 Å². The van der Waals surface area contributed by atoms with Gasteiger partial charge in [-0.1, -0.05) is 42.3 Å². The van der Waals surface area contributed by atoms with Crippen molar-refractivity contribution in [2.45, 2.75) is 69.2 Å². The highest BCUT2D eigenvalue weighted by Gasteiger charge is 2.65. The number of aliphatic hydroxyl groups is 2. The van der Waals surface area contributed by atoms with Gasteiger partial charge in [-0.2, -0.15) is 0 Å². The van der Waals surface area contributed by atoms with Gasteiger partial charge >= 0.3 is 0 Å². The fourth-order valence-electron chi connectivity index (χ4n) is 10.2. The third-order valence-electron chi connectivity index (χ3n) is 13.1. The molecule has 0 radical (unpaired) electrons. The number of carbonyl (C=O) groups is 1. The van der Waals surface area contributed by atoms with Gasteiger partial charge in [0.05, 0.1) is 34.1 Å². The highest BCUT2D eigenvalue weighted by atomic mass is 16.7. The minimum atomic E-state index is -1.59. The first-order valence-corrected chi connectivity index (χ1v) is 22.7. The smallest absolute Gasteiger partial charge is 0.273 e. The Hall–Kier alpha value is -7.08. The molecule has 0 unspecified atom stereocenters. The molecule has 4 aliphatic rings. The number of rotatable bonds is 21. The molecule has 2 N–H and O–H groups in total. The van der Waals surface area contributed by atoms with E-state index < -0.39 is 33.5 Å². The fourth-order valence-corrected chi connectivity index (χ4v) is 10.2. The first-order valence-electron chi connectivity index (χ1n) is 22.7. The highest BCUT2D eigenvalue weighted by Crippen LogP contribution is 2.62. The van der Waals surface area contributed by atoms with Gasteiger partial charge in [-0.05, 0) is 109 Å². The lowest BCUT2D eigenvalue weighted by Gasteiger charge is -2.60. The van der Waals surface area contributed by atoms with Gasteiger partial charge in [0, 0.05) is 61.9 Å². The van der Waals surface area contributed by atoms with Crippen LogP contribution in [0.2, 0.25) is 0 Å². The van der Waals surface area contributed by atoms with Gasteiger partial charge in [0.2, 0.25) is 18.5 Å². The van der Waals surface area contributed by atoms with Crippen molar-refractivity contribution in [3.63, 3.8) is 0 Å². The second-order valence-electron chi connectivity index (χ2n) is 17.1. The van der Waals surface area contributed by atoms with Gasteiger partial charge in [0.15, 0.2) is 11.5 Å². The van der Waals surface area contributed by atoms with Crippen LogP contribution in [-0.2, 0) is 20.9 Å². The molecule has 2 heterocycles. The standard InChI is InChI=1S/C51H54N4O13/c1-3-25-66-51-47(53(31-34-15-20-45-46(26-34)65-32-64-45)48(58)22-16-33-13-17-36(18-14-33)54(59)60)30-43(52-63-2)41-27-35(9-4-6-23-56)40(12-5-7-24-57)49(50(41)51)42-29-39(19-21-44(42)68-51)67-38-11-8-10-37(28-38)55(61)62/h3,8,10-11,13-22,26-29,35,40,47,49-50,56-57H,1,4-7,9,12,23-25,30-32H2,2H3/t35-,40+,47-,49+,50+,51+/m0/s1. The lowest BCUT2D eigenvalue weighted by atomic mass is 9.55. The van der Waals surface area contributed by atoms with E-state index in [2.05, 4.69) is 17.8 Å². The zero-order valence-corrected chi connectivity index (χ0v) is 37.6. The fraction of sp³-hybridized carbons (Fsp3) is 0.373. The Labute approximate surface area is 393 Å². The maximum absolute atomic E-state index is 15.2. The van der Waals surface area contributed by atoms with E-state index in [9.17, 15) is 30.4 Å². The van der Waals surface area contributed by atoms with Gasteiger partial charge in [0.1, 0.15) is 30.4 Å². The monoisotopic (exact) mass is 930 g/mol. The van der Waals surface area contributed by atoms with Crippen LogP contribution in [0.15, 0.2) is 120 Å². The molecule has 2 aliphatic carbocycles. The molecule has 0 aromatic heterocycles. The average Bonchev–Trinajstić information content (AvgIpc) is 3.82. The minimum absolute atomic E-state index is 0.0153. The Bertz CT molecular complexity index is 2600. The Morgan fingerprint density at radius 2 is 1.63 bits per heavy atom. The average molecular weight is 931 g/mol. The first kappa shape index (κ1) is 47.4. The molecule has 4 aromatic rings. The number of benzene rings is 4. The van der Waals surface area contributed by atoms with E-state index in [1.165, 1.54) is 37.5 Å². The van der Waals surface area contributed by atoms with Crippen molar-refractivity contribution in [1.29, 1.82) is 0 Å². The Morgan fingerprint density at radius 1 is 0.897 bits per heavy atom. The topological polar surface area (TPSA) is 215 Å². The van der Waals surface area contributed by atoms with Gasteiger partial charge in [-0.15, -0.1) is 6.58 Å². The zero-order valence-electron chi connectivity index (χ0n) is 37.6. The molecule has 1 fully saturated rings. The van der Waals surface area contributed by atoms with E-state index in [0.29, 0.717) is 60.0 Å². The van der Waals surface area contributed by atoms with Gasteiger partial charge in [0.25, 0.3) is 11.4 Å². The second-order valence-corrected chi connectivity index (χ2v) is 17.1. The third-order valence-corrected chi connectivity index (χ3v) is 13.1. The predicted molar refractivity (Wildman–Crippen MR) is 250 cm³/mol. The number of oxime groups is 1. The summed E-state index contributed by atoms with van der Waals surface area (Å²) in [6.45, 7) is 4.21. The molecule has 1 saturated carbocycles. The second kappa shape index (κ2) is 21.3. The number of fused-ring (bicyclic) bond motifs is 3. The molecule has 4 aromatic carbocycles. The summed E-state index contributed by atoms with van der Waals surface area (Å²) in [6.07, 6.45) is 11.1. The molecule has 1 amide bonds. The van der Waals surface area contributed by atoms with Crippen molar-refractivity contribution in [1.82, 2.24) is 4.90 Å². The molecule has 17 nitrogen and oxygen atoms in total. The lowest BCUT2D eigenvalue weighted by molar-refractivity contribution is -0.385. The number of allylic oxidation sites excluding steroid dienone is 1. The molecule has 17 heteroatoms. The summed E-state index contributed by atoms with van der Waals surface area (Å²) in [5.41, 5.74) is 3.30. The Morgan fingerprint density at radius 3 is 2.37 bits per heavy atom. The number of hydrogen-bond acceptors (Lipinski definition) is 14. The summed E-state index contributed by atoms with van der Waals surface area (Å²) in [6, 6.07) is 21.9. The van der Waals surface area contributed by atoms with Crippen LogP contribution in [0.3, 0.4) is 0 Å². The number of nitro groups is 2. The number of non-ortho nitro benzene ring substituents is 2. The van der Waals surface area contributed by atoms with Crippen molar-refractivity contribution in [3.05, 3.63) is 152 Å². The van der Waals surface area contributed by atoms with Crippen molar-refractivity contribution in [2.24, 2.45) is 22.9 Å². The van der Waals surface area contributed by atoms with Crippen LogP contribution in [0.5, 0.6) is 28.7 Å². The van der Waals surface area contributed by atoms with Crippen molar-refractivity contribution in [2.75, 3.05) is 33.7 Å². The van der Waals surface area contributed by atoms with Crippen molar-refractivity contribution < 1.29 is 53.4 Å². The molecule has 0 saturated heterocycles. The predicted octanol–water partition coefficient (Wildman–Crippen LogP) is 9.03. The minimum Gasteiger partial charge on any atom is -0.459 e. The Kier molecular flexibility index (Phi) is 14.8. The van der Waals surface area contributed by atoms with Crippen LogP contribution in [0.4, 0.5) is 11.4 Å². The normalized spacial score (nSPS) is 22.7. The molecule has 0 bridgehead atoms. The lowest BCUT2D eigenvalue weighted by Crippen LogP contribution is -2.70. The number of nitro benzene ring substituents is 2. The van der Waals surface area contributed by atoms with Crippen molar-refractivity contribution in [3.8, 4) is 28.7 Å². The molecular formula is C51H54N4O13. The number of aliphatic hydroxyl groups excluding tert-OH is 2. The van der Waals surface area contributed by atoms with Gasteiger partial charge < -0.3 is 43.6 Å². The van der Waals surface area contributed by atoms with E-state index >= 15 is 4.79 Å². The zero-order chi connectivity index (χ0) is 47.8. The van der Waals surface area contributed by atoms with Crippen LogP contribution >= 0.6 is 0 Å². The molecular weight excluding hydrogens is 877 g/mol. The summed E-state index contributed by atoms with van der Waals surface area (Å²) in [4.78, 5) is 44.6. The van der Waals surface area contributed by atoms with E-state index in [-0.39, 0.29) is 74.5 Å².